The molecule has 14 nitrogen and oxygen atoms in total. The van der Waals surface area contributed by atoms with E-state index in [9.17, 15) is 19.8 Å². The van der Waals surface area contributed by atoms with Gasteiger partial charge in [-0.1, -0.05) is 206 Å². The topological polar surface area (TPSA) is 190 Å². The van der Waals surface area contributed by atoms with E-state index in [1.807, 2.05) is 212 Å². The van der Waals surface area contributed by atoms with Crippen molar-refractivity contribution in [3.05, 3.63) is 288 Å². The summed E-state index contributed by atoms with van der Waals surface area (Å²) in [7, 11) is 0. The second-order valence-corrected chi connectivity index (χ2v) is 18.1. The molecule has 15 heteroatoms. The van der Waals surface area contributed by atoms with E-state index < -0.39 is 59.7 Å². The first-order valence-electron chi connectivity index (χ1n) is 24.9. The van der Waals surface area contributed by atoms with Crippen molar-refractivity contribution < 1.29 is 58.3 Å². The van der Waals surface area contributed by atoms with Crippen LogP contribution >= 0.6 is 0 Å². The Balaban J connectivity index is 0.000000482. The predicted octanol–water partition coefficient (Wildman–Crippen LogP) is 10.7. The number of hydrogen-bond acceptors (Lipinski definition) is 12. The molecule has 79 heavy (non-hydrogen) atoms. The zero-order valence-corrected chi connectivity index (χ0v) is 43.4. The van der Waals surface area contributed by atoms with Gasteiger partial charge in [0.2, 0.25) is 0 Å². The molecule has 2 aromatic heterocycles. The van der Waals surface area contributed by atoms with Crippen molar-refractivity contribution in [1.29, 1.82) is 0 Å². The maximum atomic E-state index is 15.1. The smallest absolute Gasteiger partial charge is 0.543 e. The number of fused-ring (bicyclic) bond motifs is 2. The van der Waals surface area contributed by atoms with Gasteiger partial charge in [0.1, 0.15) is 35.0 Å². The Labute approximate surface area is 466 Å². The van der Waals surface area contributed by atoms with Gasteiger partial charge in [-0.3, -0.25) is 9.98 Å². The van der Waals surface area contributed by atoms with Crippen molar-refractivity contribution in [2.45, 2.75) is 24.2 Å². The molecule has 0 unspecified atom stereocenters. The van der Waals surface area contributed by atoms with Crippen LogP contribution in [0.15, 0.2) is 253 Å². The van der Waals surface area contributed by atoms with E-state index in [2.05, 4.69) is 4.98 Å². The van der Waals surface area contributed by atoms with Crippen LogP contribution in [-0.2, 0) is 19.5 Å². The Hall–Kier alpha value is -9.98. The molecule has 8 aromatic carbocycles. The monoisotopic (exact) mass is 1130 g/mol. The van der Waals surface area contributed by atoms with Gasteiger partial charge in [0.05, 0.1) is 35.4 Å². The predicted molar refractivity (Wildman–Crippen MR) is 291 cm³/mol. The van der Waals surface area contributed by atoms with Crippen LogP contribution in [0.2, 0.25) is 0 Å². The largest absolute Gasteiger partial charge is 2.00 e. The molecule has 12 rings (SSSR count). The number of aromatic carboxylic acids is 2. The van der Waals surface area contributed by atoms with Crippen LogP contribution in [0, 0.1) is 0 Å². The second-order valence-electron chi connectivity index (χ2n) is 18.1. The molecule has 2 aliphatic rings. The standard InChI is InChI=1S/C57H41N5O4.C7H5NO4.Ru/c63-56(65-48-36-17-30-38-20-13-15-32-44(38)48)61-52(42-26-9-3-10-27-42)50(40-22-5-1-6-23-40)59-54(61)46-34-19-35-47(58-46)55-60-51(41-24-7-2-8-25-41)53(43-28-11-4-12-29-43)62(55)57(64)66-49-37-18-31-39-21-14-16-33-45(39)49;9-6(10)4-2-1-3-5(8-4)7(11)12;/h1-37,50-53H;1-3H,(H,9,10)(H,11,12);/q;;+2/p-2/t50-,51-,52-,53-;;/m1../s1. The third-order valence-electron chi connectivity index (χ3n) is 13.4. The van der Waals surface area contributed by atoms with Crippen LogP contribution < -0.4 is 19.7 Å². The van der Waals surface area contributed by atoms with Crippen LogP contribution in [0.1, 0.15) is 78.8 Å². The molecule has 0 N–H and O–H groups in total. The van der Waals surface area contributed by atoms with Gasteiger partial charge in [0, 0.05) is 10.8 Å². The molecule has 10 aromatic rings. The summed E-state index contributed by atoms with van der Waals surface area (Å²) < 4.78 is 12.8. The van der Waals surface area contributed by atoms with Crippen molar-refractivity contribution in [3.8, 4) is 11.5 Å². The number of amidine groups is 2. The summed E-state index contributed by atoms with van der Waals surface area (Å²) in [5.74, 6) is -1.56. The van der Waals surface area contributed by atoms with Gasteiger partial charge < -0.3 is 29.3 Å². The number of nitrogens with zero attached hydrogens (tertiary/aromatic N) is 6. The number of pyridine rings is 2. The normalized spacial score (nSPS) is 16.4. The molecular weight excluding hydrogens is 1080 g/mol. The fraction of sp³-hybridized carbons (Fsp3) is 0.0625. The maximum Gasteiger partial charge on any atom is 2.00 e. The fourth-order valence-corrected chi connectivity index (χ4v) is 9.83. The number of hydrogen-bond donors (Lipinski definition) is 0. The van der Waals surface area contributed by atoms with Crippen LogP contribution in [0.5, 0.6) is 11.5 Å². The van der Waals surface area contributed by atoms with Crippen LogP contribution in [0.4, 0.5) is 9.59 Å². The van der Waals surface area contributed by atoms with E-state index >= 15 is 9.59 Å². The van der Waals surface area contributed by atoms with Gasteiger partial charge in [0.15, 0.2) is 11.7 Å². The Bertz CT molecular complexity index is 3670. The van der Waals surface area contributed by atoms with E-state index in [1.165, 1.54) is 6.07 Å². The molecule has 0 fully saturated rings. The molecule has 4 heterocycles. The molecule has 2 amide bonds. The summed E-state index contributed by atoms with van der Waals surface area (Å²) >= 11 is 0. The first-order chi connectivity index (χ1) is 38.2. The number of aliphatic imine (C=N–C) groups is 2. The minimum atomic E-state index is -1.52. The summed E-state index contributed by atoms with van der Waals surface area (Å²) in [4.78, 5) is 72.9. The number of rotatable bonds is 10. The van der Waals surface area contributed by atoms with Crippen LogP contribution in [0.25, 0.3) is 21.5 Å². The number of ether oxygens (including phenoxy) is 2. The molecule has 386 valence electrons. The third kappa shape index (κ3) is 11.0. The first-order valence-corrected chi connectivity index (χ1v) is 24.9. The first kappa shape index (κ1) is 52.5. The number of aromatic nitrogens is 2. The Morgan fingerprint density at radius 2 is 0.696 bits per heavy atom. The molecular formula is C64H44N6O8Ru. The summed E-state index contributed by atoms with van der Waals surface area (Å²) in [5.41, 5.74) is 3.52. The van der Waals surface area contributed by atoms with Crippen molar-refractivity contribution in [2.75, 3.05) is 0 Å². The molecule has 0 bridgehead atoms. The molecule has 0 spiro atoms. The third-order valence-corrected chi connectivity index (χ3v) is 13.4. The SMILES string of the molecule is O=C(Oc1cccc2ccccc12)N1C(c2cccc(C3=N[C@H](c4ccccc4)[C@@H](c4ccccc4)N3C(=O)Oc3cccc4ccccc34)n2)=N[C@H](c2ccccc2)[C@H]1c1ccccc1.O=C([O-])c1cccc(C(=O)[O-])n1.[Ru+2]. The zero-order chi connectivity index (χ0) is 53.5. The van der Waals surface area contributed by atoms with E-state index in [1.54, 1.807) is 21.9 Å². The van der Waals surface area contributed by atoms with E-state index in [0.29, 0.717) is 34.6 Å². The Kier molecular flexibility index (Phi) is 15.6. The van der Waals surface area contributed by atoms with Gasteiger partial charge in [-0.05, 0) is 69.4 Å². The summed E-state index contributed by atoms with van der Waals surface area (Å²) in [6, 6.07) is 73.4. The van der Waals surface area contributed by atoms with E-state index in [0.717, 1.165) is 55.9 Å². The van der Waals surface area contributed by atoms with Crippen molar-refractivity contribution >= 4 is 57.3 Å². The summed E-state index contributed by atoms with van der Waals surface area (Å²) in [6.07, 6.45) is -1.23. The summed E-state index contributed by atoms with van der Waals surface area (Å²) in [6.45, 7) is 0. The number of carboxylic acid groups (broad SMARTS) is 2. The number of carboxylic acids is 2. The van der Waals surface area contributed by atoms with Gasteiger partial charge in [0.25, 0.3) is 0 Å². The Morgan fingerprint density at radius 3 is 1.09 bits per heavy atom. The van der Waals surface area contributed by atoms with Gasteiger partial charge >= 0.3 is 31.7 Å². The molecule has 0 saturated heterocycles. The van der Waals surface area contributed by atoms with E-state index in [-0.39, 0.29) is 19.5 Å². The zero-order valence-electron chi connectivity index (χ0n) is 41.7. The minimum absolute atomic E-state index is 0. The van der Waals surface area contributed by atoms with Crippen molar-refractivity contribution in [3.63, 3.8) is 0 Å². The van der Waals surface area contributed by atoms with E-state index in [4.69, 9.17) is 24.4 Å². The van der Waals surface area contributed by atoms with Gasteiger partial charge in [-0.2, -0.15) is 0 Å². The molecule has 0 aliphatic carbocycles. The van der Waals surface area contributed by atoms with Crippen molar-refractivity contribution in [2.24, 2.45) is 9.98 Å². The number of amides is 2. The van der Waals surface area contributed by atoms with Crippen LogP contribution in [-0.4, -0.2) is 55.6 Å². The average molecular weight is 1130 g/mol. The maximum absolute atomic E-state index is 15.1. The fourth-order valence-electron chi connectivity index (χ4n) is 9.83. The van der Waals surface area contributed by atoms with Gasteiger partial charge in [-0.15, -0.1) is 0 Å². The number of carbonyl (C=O) groups is 4. The summed E-state index contributed by atoms with van der Waals surface area (Å²) in [5, 5.41) is 23.9. The number of carbonyl (C=O) groups excluding carboxylic acids is 4. The van der Waals surface area contributed by atoms with Gasteiger partial charge in [-0.25, -0.2) is 29.4 Å². The van der Waals surface area contributed by atoms with Crippen LogP contribution in [0.3, 0.4) is 0 Å². The quantitative estimate of drug-likeness (QED) is 0.119. The molecule has 0 radical (unpaired) electrons. The molecule has 2 aliphatic heterocycles. The minimum Gasteiger partial charge on any atom is -0.543 e. The Morgan fingerprint density at radius 1 is 0.367 bits per heavy atom. The molecule has 4 atom stereocenters. The molecule has 0 saturated carbocycles. The second kappa shape index (κ2) is 23.5. The van der Waals surface area contributed by atoms with Crippen molar-refractivity contribution in [1.82, 2.24) is 19.8 Å². The average Bonchev–Trinajstić information content (AvgIpc) is 4.11. The number of benzene rings is 8.